The predicted octanol–water partition coefficient (Wildman–Crippen LogP) is 1.45. The molecule has 1 N–H and O–H groups in total. The lowest BCUT2D eigenvalue weighted by molar-refractivity contribution is 0.0647. The predicted molar refractivity (Wildman–Crippen MR) is 51.0 cm³/mol. The van der Waals surface area contributed by atoms with Crippen LogP contribution in [-0.2, 0) is 11.4 Å². The van der Waals surface area contributed by atoms with E-state index in [1.807, 2.05) is 25.1 Å². The van der Waals surface area contributed by atoms with Crippen molar-refractivity contribution in [1.29, 1.82) is 0 Å². The highest BCUT2D eigenvalue weighted by molar-refractivity contribution is 5.48. The van der Waals surface area contributed by atoms with E-state index >= 15 is 0 Å². The van der Waals surface area contributed by atoms with E-state index in [-0.39, 0.29) is 6.29 Å². The molecule has 76 valence electrons. The number of ether oxygens (including phenoxy) is 2. The van der Waals surface area contributed by atoms with Crippen LogP contribution in [0, 0.1) is 0 Å². The molecule has 0 saturated carbocycles. The van der Waals surface area contributed by atoms with Gasteiger partial charge in [0.05, 0.1) is 7.11 Å². The van der Waals surface area contributed by atoms with Crippen LogP contribution < -0.4 is 15.0 Å². The number of hydrogen-bond acceptors (Lipinski definition) is 4. The van der Waals surface area contributed by atoms with Gasteiger partial charge in [0, 0.05) is 19.0 Å². The standard InChI is InChI=1S/C10H13NO3/c1-7-13-9-5-3-4-8(6-11-12-2)10(9)14-7/h3-5,7,11H,6H2,1-2H3. The highest BCUT2D eigenvalue weighted by atomic mass is 16.7. The van der Waals surface area contributed by atoms with E-state index in [1.165, 1.54) is 0 Å². The Bertz CT molecular complexity index is 327. The third-order valence-corrected chi connectivity index (χ3v) is 2.04. The number of para-hydroxylation sites is 1. The van der Waals surface area contributed by atoms with Gasteiger partial charge < -0.3 is 14.3 Å². The smallest absolute Gasteiger partial charge is 0.238 e. The lowest BCUT2D eigenvalue weighted by Gasteiger charge is -2.06. The zero-order valence-electron chi connectivity index (χ0n) is 8.24. The summed E-state index contributed by atoms with van der Waals surface area (Å²) in [6.45, 7) is 2.48. The van der Waals surface area contributed by atoms with Gasteiger partial charge >= 0.3 is 0 Å². The molecule has 1 atom stereocenters. The van der Waals surface area contributed by atoms with Gasteiger partial charge in [0.1, 0.15) is 0 Å². The summed E-state index contributed by atoms with van der Waals surface area (Å²) in [5.74, 6) is 1.61. The van der Waals surface area contributed by atoms with Gasteiger partial charge in [0.15, 0.2) is 11.5 Å². The second-order valence-corrected chi connectivity index (χ2v) is 3.07. The second-order valence-electron chi connectivity index (χ2n) is 3.07. The van der Waals surface area contributed by atoms with Gasteiger partial charge in [-0.3, -0.25) is 0 Å². The van der Waals surface area contributed by atoms with Gasteiger partial charge in [-0.15, -0.1) is 0 Å². The second kappa shape index (κ2) is 3.86. The van der Waals surface area contributed by atoms with E-state index in [2.05, 4.69) is 5.48 Å². The number of fused-ring (bicyclic) bond motifs is 1. The lowest BCUT2D eigenvalue weighted by atomic mass is 10.2. The van der Waals surface area contributed by atoms with Gasteiger partial charge in [-0.05, 0) is 6.07 Å². The van der Waals surface area contributed by atoms with Crippen LogP contribution in [0.25, 0.3) is 0 Å². The van der Waals surface area contributed by atoms with Crippen LogP contribution in [0.4, 0.5) is 0 Å². The molecule has 14 heavy (non-hydrogen) atoms. The van der Waals surface area contributed by atoms with Gasteiger partial charge in [-0.25, -0.2) is 0 Å². The summed E-state index contributed by atoms with van der Waals surface area (Å²) >= 11 is 0. The van der Waals surface area contributed by atoms with Crippen molar-refractivity contribution in [3.8, 4) is 11.5 Å². The van der Waals surface area contributed by atoms with E-state index in [9.17, 15) is 0 Å². The van der Waals surface area contributed by atoms with Gasteiger partial charge in [0.25, 0.3) is 0 Å². The van der Waals surface area contributed by atoms with Crippen molar-refractivity contribution in [3.05, 3.63) is 23.8 Å². The molecule has 0 saturated heterocycles. The Labute approximate surface area is 82.7 Å². The van der Waals surface area contributed by atoms with Crippen LogP contribution in [0.5, 0.6) is 11.5 Å². The Morgan fingerprint density at radius 1 is 1.43 bits per heavy atom. The molecule has 0 bridgehead atoms. The minimum Gasteiger partial charge on any atom is -0.451 e. The molecule has 1 heterocycles. The molecule has 0 fully saturated rings. The Hall–Kier alpha value is -1.26. The topological polar surface area (TPSA) is 39.7 Å². The summed E-state index contributed by atoms with van der Waals surface area (Å²) in [6.07, 6.45) is -0.200. The largest absolute Gasteiger partial charge is 0.451 e. The van der Waals surface area contributed by atoms with Crippen LogP contribution in [0.15, 0.2) is 18.2 Å². The molecule has 0 amide bonds. The number of hydrogen-bond donors (Lipinski definition) is 1. The van der Waals surface area contributed by atoms with Crippen molar-refractivity contribution in [3.63, 3.8) is 0 Å². The summed E-state index contributed by atoms with van der Waals surface area (Å²) in [5.41, 5.74) is 3.81. The average molecular weight is 195 g/mol. The van der Waals surface area contributed by atoms with E-state index in [0.29, 0.717) is 6.54 Å². The van der Waals surface area contributed by atoms with Gasteiger partial charge in [-0.1, -0.05) is 12.1 Å². The molecule has 1 aromatic carbocycles. The molecule has 2 rings (SSSR count). The first-order chi connectivity index (χ1) is 6.81. The Balaban J connectivity index is 2.21. The van der Waals surface area contributed by atoms with Crippen molar-refractivity contribution < 1.29 is 14.3 Å². The van der Waals surface area contributed by atoms with Gasteiger partial charge in [0.2, 0.25) is 6.29 Å². The average Bonchev–Trinajstić information content (AvgIpc) is 2.55. The highest BCUT2D eigenvalue weighted by Gasteiger charge is 2.22. The molecule has 1 aliphatic heterocycles. The summed E-state index contributed by atoms with van der Waals surface area (Å²) in [4.78, 5) is 4.79. The Kier molecular flexibility index (Phi) is 2.56. The molecule has 0 radical (unpaired) electrons. The molecule has 1 aliphatic rings. The molecule has 1 aromatic rings. The Morgan fingerprint density at radius 3 is 3.07 bits per heavy atom. The maximum atomic E-state index is 5.52. The number of rotatable bonds is 3. The summed E-state index contributed by atoms with van der Waals surface area (Å²) < 4.78 is 11.0. The first kappa shape index (κ1) is 9.30. The molecule has 0 aliphatic carbocycles. The fraction of sp³-hybridized carbons (Fsp3) is 0.400. The molecular weight excluding hydrogens is 182 g/mol. The van der Waals surface area contributed by atoms with Crippen LogP contribution in [0.1, 0.15) is 12.5 Å². The first-order valence-corrected chi connectivity index (χ1v) is 4.52. The number of nitrogens with one attached hydrogen (secondary N) is 1. The van der Waals surface area contributed by atoms with E-state index in [0.717, 1.165) is 17.1 Å². The molecule has 1 unspecified atom stereocenters. The van der Waals surface area contributed by atoms with Crippen molar-refractivity contribution in [2.24, 2.45) is 0 Å². The number of benzene rings is 1. The monoisotopic (exact) mass is 195 g/mol. The molecule has 0 spiro atoms. The van der Waals surface area contributed by atoms with Gasteiger partial charge in [-0.2, -0.15) is 5.48 Å². The fourth-order valence-corrected chi connectivity index (χ4v) is 1.45. The minimum atomic E-state index is -0.200. The molecule has 0 aromatic heterocycles. The number of hydroxylamine groups is 1. The van der Waals surface area contributed by atoms with Crippen molar-refractivity contribution in [2.45, 2.75) is 19.8 Å². The van der Waals surface area contributed by atoms with Crippen molar-refractivity contribution >= 4 is 0 Å². The SMILES string of the molecule is CONCc1cccc2c1OC(C)O2. The van der Waals surface area contributed by atoms with Crippen LogP contribution >= 0.6 is 0 Å². The molecular formula is C10H13NO3. The normalized spacial score (nSPS) is 18.6. The van der Waals surface area contributed by atoms with E-state index in [4.69, 9.17) is 14.3 Å². The zero-order chi connectivity index (χ0) is 9.97. The minimum absolute atomic E-state index is 0.200. The molecule has 4 heteroatoms. The first-order valence-electron chi connectivity index (χ1n) is 4.52. The summed E-state index contributed by atoms with van der Waals surface area (Å²) in [5, 5.41) is 0. The third-order valence-electron chi connectivity index (χ3n) is 2.04. The van der Waals surface area contributed by atoms with Crippen molar-refractivity contribution in [2.75, 3.05) is 7.11 Å². The molecule has 4 nitrogen and oxygen atoms in total. The van der Waals surface area contributed by atoms with E-state index in [1.54, 1.807) is 7.11 Å². The van der Waals surface area contributed by atoms with Crippen LogP contribution in [0.3, 0.4) is 0 Å². The highest BCUT2D eigenvalue weighted by Crippen LogP contribution is 2.37. The van der Waals surface area contributed by atoms with Crippen LogP contribution in [-0.4, -0.2) is 13.4 Å². The summed E-state index contributed by atoms with van der Waals surface area (Å²) in [7, 11) is 1.59. The van der Waals surface area contributed by atoms with Crippen molar-refractivity contribution in [1.82, 2.24) is 5.48 Å². The van der Waals surface area contributed by atoms with E-state index < -0.39 is 0 Å². The zero-order valence-corrected chi connectivity index (χ0v) is 8.24. The fourth-order valence-electron chi connectivity index (χ4n) is 1.45. The third kappa shape index (κ3) is 1.66. The lowest BCUT2D eigenvalue weighted by Crippen LogP contribution is -2.13. The maximum absolute atomic E-state index is 5.52. The quantitative estimate of drug-likeness (QED) is 0.741. The van der Waals surface area contributed by atoms with Crippen LogP contribution in [0.2, 0.25) is 0 Å². The Morgan fingerprint density at radius 2 is 2.29 bits per heavy atom. The maximum Gasteiger partial charge on any atom is 0.238 e. The summed E-state index contributed by atoms with van der Waals surface area (Å²) in [6, 6.07) is 5.81.